The van der Waals surface area contributed by atoms with Gasteiger partial charge in [0.1, 0.15) is 5.82 Å². The normalized spacial score (nSPS) is 23.6. The number of thiol groups is 1. The number of nitrogens with one attached hydrogen (secondary N) is 1. The van der Waals surface area contributed by atoms with Gasteiger partial charge in [0, 0.05) is 51.9 Å². The fourth-order valence-corrected chi connectivity index (χ4v) is 5.83. The summed E-state index contributed by atoms with van der Waals surface area (Å²) in [5.74, 6) is -0.130. The van der Waals surface area contributed by atoms with Gasteiger partial charge in [-0.2, -0.15) is 25.8 Å². The molecule has 2 saturated heterocycles. The van der Waals surface area contributed by atoms with Crippen molar-refractivity contribution in [2.45, 2.75) is 43.5 Å². The number of rotatable bonds is 4. The van der Waals surface area contributed by atoms with E-state index in [9.17, 15) is 22.8 Å². The Bertz CT molecular complexity index is 1190. The van der Waals surface area contributed by atoms with E-state index in [2.05, 4.69) is 33.4 Å². The highest BCUT2D eigenvalue weighted by molar-refractivity contribution is 7.80. The van der Waals surface area contributed by atoms with E-state index >= 15 is 0 Å². The molecule has 192 valence electrons. The lowest BCUT2D eigenvalue weighted by atomic mass is 10.0. The molecule has 7 nitrogen and oxygen atoms in total. The first-order valence-electron chi connectivity index (χ1n) is 11.7. The lowest BCUT2D eigenvalue weighted by Gasteiger charge is -2.36. The van der Waals surface area contributed by atoms with Gasteiger partial charge in [0.25, 0.3) is 0 Å². The summed E-state index contributed by atoms with van der Waals surface area (Å²) in [6.07, 6.45) is -2.84. The minimum Gasteiger partial charge on any atom is -0.353 e. The van der Waals surface area contributed by atoms with Gasteiger partial charge < -0.3 is 4.90 Å². The van der Waals surface area contributed by atoms with Gasteiger partial charge >= 0.3 is 6.18 Å². The first kappa shape index (κ1) is 25.3. The third-order valence-corrected chi connectivity index (χ3v) is 7.85. The van der Waals surface area contributed by atoms with Crippen LogP contribution in [0.1, 0.15) is 40.5 Å². The molecule has 5 rings (SSSR count). The van der Waals surface area contributed by atoms with Crippen LogP contribution in [0.4, 0.5) is 19.0 Å². The van der Waals surface area contributed by atoms with Gasteiger partial charge in [0.15, 0.2) is 0 Å². The number of benzene rings is 1. The highest BCUT2D eigenvalue weighted by Crippen LogP contribution is 2.40. The molecule has 2 aromatic rings. The van der Waals surface area contributed by atoms with Gasteiger partial charge in [-0.3, -0.25) is 24.7 Å². The van der Waals surface area contributed by atoms with Crippen molar-refractivity contribution in [1.29, 1.82) is 0 Å². The summed E-state index contributed by atoms with van der Waals surface area (Å²) in [7, 11) is 0. The maximum Gasteiger partial charge on any atom is 0.417 e. The number of amides is 2. The summed E-state index contributed by atoms with van der Waals surface area (Å²) in [5.41, 5.74) is 2.46. The number of nitrogens with zero attached hydrogens (tertiary/aromatic N) is 4. The Kier molecular flexibility index (Phi) is 6.92. The van der Waals surface area contributed by atoms with E-state index < -0.39 is 11.7 Å². The highest BCUT2D eigenvalue weighted by atomic mass is 35.5. The third kappa shape index (κ3) is 5.06. The van der Waals surface area contributed by atoms with Crippen molar-refractivity contribution >= 4 is 41.9 Å². The summed E-state index contributed by atoms with van der Waals surface area (Å²) in [6, 6.07) is 6.82. The predicted octanol–water partition coefficient (Wildman–Crippen LogP) is 3.63. The van der Waals surface area contributed by atoms with Crippen LogP contribution in [0, 0.1) is 0 Å². The van der Waals surface area contributed by atoms with E-state index in [1.165, 1.54) is 0 Å². The topological polar surface area (TPSA) is 68.8 Å². The van der Waals surface area contributed by atoms with Gasteiger partial charge in [-0.15, -0.1) is 0 Å². The molecule has 2 unspecified atom stereocenters. The van der Waals surface area contributed by atoms with Crippen LogP contribution in [0.25, 0.3) is 0 Å². The van der Waals surface area contributed by atoms with Crippen LogP contribution in [0.15, 0.2) is 30.5 Å². The third-order valence-electron chi connectivity index (χ3n) is 6.99. The van der Waals surface area contributed by atoms with Gasteiger partial charge in [0.05, 0.1) is 22.0 Å². The van der Waals surface area contributed by atoms with E-state index in [1.54, 1.807) is 0 Å². The molecule has 3 aliphatic heterocycles. The van der Waals surface area contributed by atoms with Crippen molar-refractivity contribution in [2.75, 3.05) is 31.1 Å². The summed E-state index contributed by atoms with van der Waals surface area (Å²) < 4.78 is 38.7. The molecule has 2 fully saturated rings. The number of carbonyl (C=O) groups excluding carboxylic acids is 2. The number of anilines is 1. The van der Waals surface area contributed by atoms with Gasteiger partial charge in [-0.1, -0.05) is 29.8 Å². The van der Waals surface area contributed by atoms with Crippen molar-refractivity contribution in [2.24, 2.45) is 0 Å². The zero-order valence-corrected chi connectivity index (χ0v) is 20.9. The monoisotopic (exact) mass is 539 g/mol. The number of piperidine rings is 1. The van der Waals surface area contributed by atoms with Crippen LogP contribution in [0.2, 0.25) is 5.02 Å². The average Bonchev–Trinajstić information content (AvgIpc) is 3.15. The minimum atomic E-state index is -4.48. The predicted molar refractivity (Wildman–Crippen MR) is 132 cm³/mol. The van der Waals surface area contributed by atoms with Gasteiger partial charge in [0.2, 0.25) is 11.8 Å². The molecule has 0 bridgehead atoms. The standard InChI is InChI=1S/C24H25ClF3N5O2S/c25-18-10-16(24(26,27)28)11-29-21(18)32-7-5-31(6-8-32)12-14-1-2-15-13-33(23(36)17(15)9-14)19-3-4-20(34)30-22(19)35/h1-2,9-11,19,23,36H,3-8,12-13H2,(H,30,34,35). The van der Waals surface area contributed by atoms with Crippen molar-refractivity contribution in [3.8, 4) is 0 Å². The Morgan fingerprint density at radius 1 is 1.14 bits per heavy atom. The number of hydrogen-bond donors (Lipinski definition) is 2. The quantitative estimate of drug-likeness (QED) is 0.457. The van der Waals surface area contributed by atoms with Crippen LogP contribution < -0.4 is 10.2 Å². The molecule has 0 spiro atoms. The molecule has 3 aliphatic rings. The molecule has 1 aromatic heterocycles. The lowest BCUT2D eigenvalue weighted by Crippen LogP contribution is -2.51. The fraction of sp³-hybridized carbons (Fsp3) is 0.458. The number of fused-ring (bicyclic) bond motifs is 1. The van der Waals surface area contributed by atoms with Crippen LogP contribution in [0.5, 0.6) is 0 Å². The zero-order valence-electron chi connectivity index (χ0n) is 19.3. The summed E-state index contributed by atoms with van der Waals surface area (Å²) >= 11 is 10.9. The molecule has 1 aromatic carbocycles. The van der Waals surface area contributed by atoms with Crippen molar-refractivity contribution in [3.63, 3.8) is 0 Å². The molecule has 4 heterocycles. The maximum absolute atomic E-state index is 12.9. The molecule has 12 heteroatoms. The minimum absolute atomic E-state index is 0.00251. The number of halogens is 4. The van der Waals surface area contributed by atoms with Crippen LogP contribution in [0.3, 0.4) is 0 Å². The summed E-state index contributed by atoms with van der Waals surface area (Å²) in [4.78, 5) is 34.0. The number of pyridine rings is 1. The van der Waals surface area contributed by atoms with Gasteiger partial charge in [-0.25, -0.2) is 4.98 Å². The number of piperazine rings is 1. The summed E-state index contributed by atoms with van der Waals surface area (Å²) in [5, 5.41) is 2.19. The summed E-state index contributed by atoms with van der Waals surface area (Å²) in [6.45, 7) is 3.94. The van der Waals surface area contributed by atoms with E-state index in [-0.39, 0.29) is 28.3 Å². The molecule has 0 aliphatic carbocycles. The highest BCUT2D eigenvalue weighted by Gasteiger charge is 2.39. The Morgan fingerprint density at radius 3 is 2.56 bits per heavy atom. The van der Waals surface area contributed by atoms with Gasteiger partial charge in [-0.05, 0) is 29.2 Å². The first-order valence-corrected chi connectivity index (χ1v) is 12.6. The number of aromatic nitrogens is 1. The fourth-order valence-electron chi connectivity index (χ4n) is 5.06. The van der Waals surface area contributed by atoms with Crippen LogP contribution in [-0.2, 0) is 28.9 Å². The second-order valence-electron chi connectivity index (χ2n) is 9.34. The lowest BCUT2D eigenvalue weighted by molar-refractivity contribution is -0.139. The Hall–Kier alpha value is -2.34. The van der Waals surface area contributed by atoms with Crippen molar-refractivity contribution in [3.05, 3.63) is 57.7 Å². The first-order chi connectivity index (χ1) is 17.1. The second-order valence-corrected chi connectivity index (χ2v) is 10.2. The van der Waals surface area contributed by atoms with Crippen molar-refractivity contribution < 1.29 is 22.8 Å². The molecule has 2 atom stereocenters. The van der Waals surface area contributed by atoms with Crippen molar-refractivity contribution in [1.82, 2.24) is 20.1 Å². The maximum atomic E-state index is 12.9. The largest absolute Gasteiger partial charge is 0.417 e. The zero-order chi connectivity index (χ0) is 25.6. The average molecular weight is 540 g/mol. The van der Waals surface area contributed by atoms with E-state index in [4.69, 9.17) is 24.2 Å². The Labute approximate surface area is 217 Å². The number of carbonyl (C=O) groups is 2. The molecule has 36 heavy (non-hydrogen) atoms. The second kappa shape index (κ2) is 9.85. The van der Waals surface area contributed by atoms with E-state index in [0.717, 1.165) is 29.0 Å². The number of imide groups is 1. The molecule has 1 N–H and O–H groups in total. The van der Waals surface area contributed by atoms with E-state index in [0.29, 0.717) is 57.9 Å². The van der Waals surface area contributed by atoms with Crippen LogP contribution >= 0.6 is 24.2 Å². The molecular weight excluding hydrogens is 515 g/mol. The molecule has 0 saturated carbocycles. The number of hydrogen-bond acceptors (Lipinski definition) is 7. The number of alkyl halides is 3. The molecule has 0 radical (unpaired) electrons. The van der Waals surface area contributed by atoms with E-state index in [1.807, 2.05) is 9.80 Å². The Balaban J connectivity index is 1.20. The molecule has 2 amide bonds. The Morgan fingerprint density at radius 2 is 1.89 bits per heavy atom. The SMILES string of the molecule is O=C1CCC(N2Cc3ccc(CN4CCN(c5ncc(C(F)(F)F)cc5Cl)CC4)cc3C2S)C(=O)N1. The smallest absolute Gasteiger partial charge is 0.353 e. The molecular formula is C24H25ClF3N5O2S. The van der Waals surface area contributed by atoms with Crippen LogP contribution in [-0.4, -0.2) is 58.8 Å².